The van der Waals surface area contributed by atoms with Gasteiger partial charge in [-0.3, -0.25) is 0 Å². The maximum Gasteiger partial charge on any atom is 0.134 e. The van der Waals surface area contributed by atoms with Crippen LogP contribution in [-0.2, 0) is 16.2 Å². The minimum Gasteiger partial charge on any atom is -0.457 e. The molecule has 0 radical (unpaired) electrons. The Morgan fingerprint density at radius 3 is 1.58 bits per heavy atom. The molecular formula is C55H43NO. The van der Waals surface area contributed by atoms with E-state index in [1.165, 1.54) is 66.8 Å². The van der Waals surface area contributed by atoms with Gasteiger partial charge >= 0.3 is 0 Å². The highest BCUT2D eigenvalue weighted by Crippen LogP contribution is 2.65. The van der Waals surface area contributed by atoms with Gasteiger partial charge in [0.25, 0.3) is 0 Å². The zero-order valence-corrected chi connectivity index (χ0v) is 32.8. The monoisotopic (exact) mass is 733 g/mol. The summed E-state index contributed by atoms with van der Waals surface area (Å²) in [4.78, 5) is 2.46. The third-order valence-corrected chi connectivity index (χ3v) is 14.2. The van der Waals surface area contributed by atoms with E-state index >= 15 is 0 Å². The van der Waals surface area contributed by atoms with Gasteiger partial charge in [-0.25, -0.2) is 0 Å². The van der Waals surface area contributed by atoms with Gasteiger partial charge in [-0.15, -0.1) is 0 Å². The van der Waals surface area contributed by atoms with Crippen LogP contribution in [0.2, 0.25) is 0 Å². The zero-order chi connectivity index (χ0) is 38.3. The maximum absolute atomic E-state index is 7.05. The summed E-state index contributed by atoms with van der Waals surface area (Å²) in [6, 6.07) is 56.9. The highest BCUT2D eigenvalue weighted by molar-refractivity contribution is 5.89. The second-order valence-electron chi connectivity index (χ2n) is 17.6. The van der Waals surface area contributed by atoms with Crippen LogP contribution in [0.15, 0.2) is 176 Å². The van der Waals surface area contributed by atoms with E-state index in [0.717, 1.165) is 28.6 Å². The van der Waals surface area contributed by atoms with E-state index in [9.17, 15) is 0 Å². The molecular weight excluding hydrogens is 691 g/mol. The number of nitrogens with zero attached hydrogens (tertiary/aromatic N) is 1. The van der Waals surface area contributed by atoms with Gasteiger partial charge in [0.15, 0.2) is 0 Å². The van der Waals surface area contributed by atoms with Crippen molar-refractivity contribution < 1.29 is 4.74 Å². The summed E-state index contributed by atoms with van der Waals surface area (Å²) in [5, 5.41) is 0. The molecule has 0 amide bonds. The summed E-state index contributed by atoms with van der Waals surface area (Å²) < 4.78 is 7.05. The van der Waals surface area contributed by atoms with E-state index in [-0.39, 0.29) is 22.2 Å². The Morgan fingerprint density at radius 1 is 0.421 bits per heavy atom. The minimum atomic E-state index is -0.386. The van der Waals surface area contributed by atoms with Gasteiger partial charge in [-0.2, -0.15) is 0 Å². The lowest BCUT2D eigenvalue weighted by molar-refractivity contribution is 0.374. The molecule has 0 bridgehead atoms. The van der Waals surface area contributed by atoms with Crippen LogP contribution in [0.5, 0.6) is 11.5 Å². The molecule has 7 aromatic rings. The quantitative estimate of drug-likeness (QED) is 0.179. The van der Waals surface area contributed by atoms with E-state index in [1.807, 2.05) is 0 Å². The zero-order valence-electron chi connectivity index (χ0n) is 32.8. The fourth-order valence-corrected chi connectivity index (χ4v) is 11.6. The summed E-state index contributed by atoms with van der Waals surface area (Å²) >= 11 is 0. The first-order chi connectivity index (χ1) is 27.8. The molecule has 0 saturated carbocycles. The van der Waals surface area contributed by atoms with E-state index in [2.05, 4.69) is 209 Å². The number of hydrogen-bond acceptors (Lipinski definition) is 2. The lowest BCUT2D eigenvalue weighted by atomic mass is 9.62. The molecule has 0 saturated heterocycles. The average molecular weight is 734 g/mol. The molecule has 12 rings (SSSR count). The van der Waals surface area contributed by atoms with Crippen LogP contribution in [0.4, 0.5) is 17.1 Å². The third-order valence-electron chi connectivity index (χ3n) is 14.2. The van der Waals surface area contributed by atoms with Crippen molar-refractivity contribution in [1.29, 1.82) is 0 Å². The normalized spacial score (nSPS) is 21.3. The summed E-state index contributed by atoms with van der Waals surface area (Å²) in [6.07, 6.45) is 9.29. The molecule has 274 valence electrons. The molecule has 1 aliphatic heterocycles. The third kappa shape index (κ3) is 4.20. The largest absolute Gasteiger partial charge is 0.457 e. The molecule has 1 heterocycles. The molecule has 0 fully saturated rings. The van der Waals surface area contributed by atoms with E-state index < -0.39 is 0 Å². The van der Waals surface area contributed by atoms with Crippen molar-refractivity contribution in [3.63, 3.8) is 0 Å². The maximum atomic E-state index is 7.05. The van der Waals surface area contributed by atoms with Gasteiger partial charge in [-0.05, 0) is 92.0 Å². The van der Waals surface area contributed by atoms with Gasteiger partial charge in [0.05, 0.1) is 5.41 Å². The summed E-state index contributed by atoms with van der Waals surface area (Å²) in [6.45, 7) is 9.47. The van der Waals surface area contributed by atoms with Crippen LogP contribution in [-0.4, -0.2) is 0 Å². The molecule has 0 aromatic heterocycles. The first-order valence-corrected chi connectivity index (χ1v) is 20.4. The van der Waals surface area contributed by atoms with Crippen LogP contribution in [0.25, 0.3) is 22.3 Å². The fourth-order valence-electron chi connectivity index (χ4n) is 11.6. The number of ether oxygens (including phenoxy) is 1. The number of para-hydroxylation sites is 1. The predicted molar refractivity (Wildman–Crippen MR) is 234 cm³/mol. The van der Waals surface area contributed by atoms with Crippen molar-refractivity contribution >= 4 is 17.1 Å². The van der Waals surface area contributed by atoms with E-state index in [0.29, 0.717) is 5.92 Å². The molecule has 1 spiro atoms. The highest BCUT2D eigenvalue weighted by Gasteiger charge is 2.56. The lowest BCUT2D eigenvalue weighted by Crippen LogP contribution is -2.37. The molecule has 57 heavy (non-hydrogen) atoms. The summed E-state index contributed by atoms with van der Waals surface area (Å²) in [5.41, 5.74) is 18.7. The topological polar surface area (TPSA) is 12.5 Å². The Bertz CT molecular complexity index is 2820. The minimum absolute atomic E-state index is 0.126. The molecule has 2 nitrogen and oxygen atoms in total. The number of benzene rings is 7. The Balaban J connectivity index is 1.08. The second-order valence-corrected chi connectivity index (χ2v) is 17.6. The lowest BCUT2D eigenvalue weighted by Gasteiger charge is -2.43. The Morgan fingerprint density at radius 2 is 0.912 bits per heavy atom. The number of hydrogen-bond donors (Lipinski definition) is 0. The van der Waals surface area contributed by atoms with Crippen molar-refractivity contribution in [2.45, 2.75) is 49.9 Å². The molecule has 3 atom stereocenters. The van der Waals surface area contributed by atoms with Crippen molar-refractivity contribution in [1.82, 2.24) is 0 Å². The number of allylic oxidation sites excluding steroid dienone is 4. The van der Waals surface area contributed by atoms with Crippen LogP contribution in [0.3, 0.4) is 0 Å². The second kappa shape index (κ2) is 11.4. The Kier molecular flexibility index (Phi) is 6.54. The Hall–Kier alpha value is -6.38. The Labute approximate surface area is 335 Å². The van der Waals surface area contributed by atoms with Gasteiger partial charge in [0.2, 0.25) is 0 Å². The molecule has 4 aliphatic carbocycles. The van der Waals surface area contributed by atoms with Crippen molar-refractivity contribution in [3.8, 4) is 33.8 Å². The molecule has 7 aromatic carbocycles. The van der Waals surface area contributed by atoms with Gasteiger partial charge < -0.3 is 9.64 Å². The van der Waals surface area contributed by atoms with Gasteiger partial charge in [-0.1, -0.05) is 161 Å². The fraction of sp³-hybridized carbons (Fsp3) is 0.164. The number of fused-ring (bicyclic) bond motifs is 15. The highest BCUT2D eigenvalue weighted by atomic mass is 16.5. The van der Waals surface area contributed by atoms with Crippen LogP contribution >= 0.6 is 0 Å². The van der Waals surface area contributed by atoms with Crippen molar-refractivity contribution in [2.75, 3.05) is 4.90 Å². The van der Waals surface area contributed by atoms with Crippen molar-refractivity contribution in [3.05, 3.63) is 220 Å². The molecule has 3 unspecified atom stereocenters. The predicted octanol–water partition coefficient (Wildman–Crippen LogP) is 14.0. The summed E-state index contributed by atoms with van der Waals surface area (Å²) in [5.74, 6) is 2.37. The smallest absolute Gasteiger partial charge is 0.134 e. The number of rotatable bonds is 3. The van der Waals surface area contributed by atoms with Crippen LogP contribution < -0.4 is 9.64 Å². The van der Waals surface area contributed by atoms with E-state index in [4.69, 9.17) is 4.74 Å². The first kappa shape index (κ1) is 32.8. The summed E-state index contributed by atoms with van der Waals surface area (Å²) in [7, 11) is 0. The molecule has 2 heteroatoms. The average Bonchev–Trinajstić information content (AvgIpc) is 3.76. The van der Waals surface area contributed by atoms with Crippen LogP contribution in [0, 0.1) is 5.92 Å². The number of anilines is 3. The van der Waals surface area contributed by atoms with Crippen molar-refractivity contribution in [2.24, 2.45) is 5.92 Å². The van der Waals surface area contributed by atoms with Gasteiger partial charge in [0, 0.05) is 56.9 Å². The molecule has 5 aliphatic rings. The standard InChI is InChI=1S/C55H43NO/c1-53(2)43-19-9-5-15-37(43)41-28-25-34(31-49(41)53)56(35-26-29-42-38-16-6-10-20-44(38)54(3,4)50(42)32-35)36-27-30-48-52(33-36)57-51-24-14-13-23-47(51)55(48)45-21-11-7-17-39(45)40-18-8-12-22-46(40)55/h5-33,39,45H,1-4H3. The SMILES string of the molecule is CC1(C)c2ccccc2-c2ccc(N(c3ccc4c(c3)Oc3ccccc3C43c4ccccc4C4C=CC=CC43)c3ccc4c(c3)C(C)(C)c3ccccc3-4)cc21. The first-order valence-electron chi connectivity index (χ1n) is 20.4. The van der Waals surface area contributed by atoms with E-state index in [1.54, 1.807) is 0 Å². The van der Waals surface area contributed by atoms with Crippen LogP contribution in [0.1, 0.15) is 78.1 Å². The molecule has 0 N–H and O–H groups in total. The van der Waals surface area contributed by atoms with Gasteiger partial charge in [0.1, 0.15) is 11.5 Å².